The number of ether oxygens (including phenoxy) is 1. The first-order valence-electron chi connectivity index (χ1n) is 6.31. The van der Waals surface area contributed by atoms with Crippen molar-refractivity contribution < 1.29 is 19.4 Å². The maximum Gasteiger partial charge on any atom is 0.376 e. The second-order valence-electron chi connectivity index (χ2n) is 4.42. The lowest BCUT2D eigenvalue weighted by Crippen LogP contribution is -2.35. The molecular weight excluding hydrogens is 262 g/mol. The lowest BCUT2D eigenvalue weighted by Gasteiger charge is -2.28. The zero-order valence-electron chi connectivity index (χ0n) is 12.1. The summed E-state index contributed by atoms with van der Waals surface area (Å²) in [5.41, 5.74) is 0.622. The fraction of sp³-hybridized carbons (Fsp3) is 0.538. The molecule has 0 fully saturated rings. The molecule has 1 aromatic heterocycles. The van der Waals surface area contributed by atoms with Gasteiger partial charge < -0.3 is 14.7 Å². The Morgan fingerprint density at radius 3 is 2.60 bits per heavy atom. The molecule has 0 saturated heterocycles. The van der Waals surface area contributed by atoms with Crippen molar-refractivity contribution in [2.24, 2.45) is 0 Å². The van der Waals surface area contributed by atoms with Crippen molar-refractivity contribution in [2.75, 3.05) is 18.6 Å². The molecule has 1 atom stereocenters. The van der Waals surface area contributed by atoms with Crippen LogP contribution in [0.4, 0.5) is 5.82 Å². The highest BCUT2D eigenvalue weighted by molar-refractivity contribution is 5.85. The quantitative estimate of drug-likeness (QED) is 0.784. The molecule has 0 saturated carbocycles. The van der Waals surface area contributed by atoms with Crippen LogP contribution >= 0.6 is 0 Å². The van der Waals surface area contributed by atoms with Crippen LogP contribution < -0.4 is 4.90 Å². The first-order chi connectivity index (χ1) is 9.38. The van der Waals surface area contributed by atoms with Crippen LogP contribution in [0.15, 0.2) is 6.07 Å². The maximum absolute atomic E-state index is 11.5. The Balaban J connectivity index is 3.11. The lowest BCUT2D eigenvalue weighted by molar-refractivity contribution is -0.137. The number of nitrogens with zero attached hydrogens (tertiary/aromatic N) is 3. The Kier molecular flexibility index (Phi) is 5.42. The van der Waals surface area contributed by atoms with Crippen molar-refractivity contribution in [1.29, 1.82) is 0 Å². The fourth-order valence-corrected chi connectivity index (χ4v) is 1.94. The summed E-state index contributed by atoms with van der Waals surface area (Å²) in [6.07, 6.45) is -0.00948. The predicted octanol–water partition coefficient (Wildman–Crippen LogP) is 1.26. The molecule has 20 heavy (non-hydrogen) atoms. The Hall–Kier alpha value is -2.18. The van der Waals surface area contributed by atoms with Gasteiger partial charge in [-0.25, -0.2) is 14.8 Å². The van der Waals surface area contributed by atoms with E-state index in [-0.39, 0.29) is 18.3 Å². The van der Waals surface area contributed by atoms with Gasteiger partial charge in [0.25, 0.3) is 0 Å². The van der Waals surface area contributed by atoms with Crippen molar-refractivity contribution >= 4 is 17.8 Å². The molecule has 1 heterocycles. The number of esters is 1. The maximum atomic E-state index is 11.5. The van der Waals surface area contributed by atoms with Crippen molar-refractivity contribution in [3.05, 3.63) is 17.6 Å². The number of carbonyl (C=O) groups excluding carboxylic acids is 1. The minimum atomic E-state index is -0.880. The van der Waals surface area contributed by atoms with Crippen molar-refractivity contribution in [3.63, 3.8) is 0 Å². The van der Waals surface area contributed by atoms with Crippen molar-refractivity contribution in [2.45, 2.75) is 33.2 Å². The number of methoxy groups -OCH3 is 1. The first kappa shape index (κ1) is 15.9. The Morgan fingerprint density at radius 1 is 1.45 bits per heavy atom. The number of hydrogen-bond donors (Lipinski definition) is 1. The molecular formula is C13H19N3O4. The van der Waals surface area contributed by atoms with E-state index in [4.69, 9.17) is 5.11 Å². The van der Waals surface area contributed by atoms with Gasteiger partial charge in [-0.15, -0.1) is 0 Å². The number of rotatable bonds is 6. The van der Waals surface area contributed by atoms with E-state index in [0.717, 1.165) is 0 Å². The summed E-state index contributed by atoms with van der Waals surface area (Å²) in [6.45, 7) is 6.01. The van der Waals surface area contributed by atoms with E-state index in [0.29, 0.717) is 18.1 Å². The molecule has 0 amide bonds. The number of carbonyl (C=O) groups is 2. The van der Waals surface area contributed by atoms with Gasteiger partial charge >= 0.3 is 11.9 Å². The van der Waals surface area contributed by atoms with E-state index < -0.39 is 11.9 Å². The molecule has 110 valence electrons. The van der Waals surface area contributed by atoms with Gasteiger partial charge in [0.05, 0.1) is 13.5 Å². The van der Waals surface area contributed by atoms with Crippen LogP contribution in [0.1, 0.15) is 36.6 Å². The highest BCUT2D eigenvalue weighted by Crippen LogP contribution is 2.17. The van der Waals surface area contributed by atoms with Gasteiger partial charge in [-0.2, -0.15) is 0 Å². The summed E-state index contributed by atoms with van der Waals surface area (Å²) in [4.78, 5) is 32.3. The van der Waals surface area contributed by atoms with Gasteiger partial charge in [-0.05, 0) is 20.8 Å². The lowest BCUT2D eigenvalue weighted by atomic mass is 10.2. The Bertz CT molecular complexity index is 504. The molecule has 0 aliphatic heterocycles. The second-order valence-corrected chi connectivity index (χ2v) is 4.42. The molecule has 0 bridgehead atoms. The van der Waals surface area contributed by atoms with Crippen molar-refractivity contribution in [1.82, 2.24) is 9.97 Å². The van der Waals surface area contributed by atoms with Gasteiger partial charge in [0.1, 0.15) is 5.82 Å². The highest BCUT2D eigenvalue weighted by Gasteiger charge is 2.20. The molecule has 0 aliphatic carbocycles. The van der Waals surface area contributed by atoms with Crippen LogP contribution in [0, 0.1) is 6.92 Å². The molecule has 7 nitrogen and oxygen atoms in total. The van der Waals surface area contributed by atoms with Crippen LogP contribution in [0.25, 0.3) is 0 Å². The van der Waals surface area contributed by atoms with E-state index >= 15 is 0 Å². The number of aryl methyl sites for hydroxylation is 1. The van der Waals surface area contributed by atoms with Crippen LogP contribution in [0.2, 0.25) is 0 Å². The molecule has 1 rings (SSSR count). The third-order valence-electron chi connectivity index (χ3n) is 2.85. The van der Waals surface area contributed by atoms with Gasteiger partial charge in [0.2, 0.25) is 5.82 Å². The molecule has 1 unspecified atom stereocenters. The van der Waals surface area contributed by atoms with Crippen LogP contribution in [0.5, 0.6) is 0 Å². The smallest absolute Gasteiger partial charge is 0.376 e. The largest absolute Gasteiger partial charge is 0.481 e. The number of aromatic nitrogens is 2. The molecule has 0 aliphatic rings. The van der Waals surface area contributed by atoms with Gasteiger partial charge in [-0.1, -0.05) is 0 Å². The van der Waals surface area contributed by atoms with Gasteiger partial charge in [0, 0.05) is 24.3 Å². The summed E-state index contributed by atoms with van der Waals surface area (Å²) in [5, 5.41) is 8.88. The SMILES string of the molecule is CCN(c1cc(C)nc(C(=O)OC)n1)C(C)CC(=O)O. The summed E-state index contributed by atoms with van der Waals surface area (Å²) < 4.78 is 4.61. The molecule has 7 heteroatoms. The summed E-state index contributed by atoms with van der Waals surface area (Å²) in [6, 6.07) is 1.48. The van der Waals surface area contributed by atoms with Crippen LogP contribution in [-0.2, 0) is 9.53 Å². The van der Waals surface area contributed by atoms with E-state index in [1.54, 1.807) is 19.9 Å². The third kappa shape index (κ3) is 3.91. The van der Waals surface area contributed by atoms with Gasteiger partial charge in [-0.3, -0.25) is 4.79 Å². The standard InChI is InChI=1S/C13H19N3O4/c1-5-16(9(3)7-11(17)18)10-6-8(2)14-12(15-10)13(19)20-4/h6,9H,5,7H2,1-4H3,(H,17,18). The Labute approximate surface area is 117 Å². The number of carboxylic acid groups (broad SMARTS) is 1. The molecule has 1 N–H and O–H groups in total. The highest BCUT2D eigenvalue weighted by atomic mass is 16.5. The molecule has 0 aromatic carbocycles. The first-order valence-corrected chi connectivity index (χ1v) is 6.31. The van der Waals surface area contributed by atoms with E-state index in [2.05, 4.69) is 14.7 Å². The number of hydrogen-bond acceptors (Lipinski definition) is 6. The number of anilines is 1. The summed E-state index contributed by atoms with van der Waals surface area (Å²) in [7, 11) is 1.26. The normalized spacial score (nSPS) is 11.8. The molecule has 0 radical (unpaired) electrons. The third-order valence-corrected chi connectivity index (χ3v) is 2.85. The zero-order chi connectivity index (χ0) is 15.3. The second kappa shape index (κ2) is 6.83. The van der Waals surface area contributed by atoms with Gasteiger partial charge in [0.15, 0.2) is 0 Å². The number of carboxylic acids is 1. The van der Waals surface area contributed by atoms with E-state index in [9.17, 15) is 9.59 Å². The Morgan fingerprint density at radius 2 is 2.10 bits per heavy atom. The summed E-state index contributed by atoms with van der Waals surface area (Å²) in [5.74, 6) is -0.996. The van der Waals surface area contributed by atoms with E-state index in [1.807, 2.05) is 11.8 Å². The van der Waals surface area contributed by atoms with E-state index in [1.165, 1.54) is 7.11 Å². The molecule has 0 spiro atoms. The van der Waals surface area contributed by atoms with Crippen LogP contribution in [0.3, 0.4) is 0 Å². The topological polar surface area (TPSA) is 92.6 Å². The minimum Gasteiger partial charge on any atom is -0.481 e. The average Bonchev–Trinajstić information content (AvgIpc) is 2.37. The average molecular weight is 281 g/mol. The van der Waals surface area contributed by atoms with Crippen LogP contribution in [-0.4, -0.2) is 46.7 Å². The summed E-state index contributed by atoms with van der Waals surface area (Å²) >= 11 is 0. The molecule has 1 aromatic rings. The number of aliphatic carboxylic acids is 1. The minimum absolute atomic E-state index is 0.00948. The fourth-order valence-electron chi connectivity index (χ4n) is 1.94. The van der Waals surface area contributed by atoms with Crippen molar-refractivity contribution in [3.8, 4) is 0 Å². The zero-order valence-corrected chi connectivity index (χ0v) is 12.1. The monoisotopic (exact) mass is 281 g/mol. The predicted molar refractivity (Wildman–Crippen MR) is 72.8 cm³/mol.